The minimum atomic E-state index is -3.83. The number of thioether (sulfide) groups is 2. The van der Waals surface area contributed by atoms with Crippen molar-refractivity contribution in [2.24, 2.45) is 0 Å². The van der Waals surface area contributed by atoms with Gasteiger partial charge in [-0.05, 0) is 23.8 Å². The smallest absolute Gasteiger partial charge is 0.330 e. The summed E-state index contributed by atoms with van der Waals surface area (Å²) in [6.07, 6.45) is 2.67. The number of carbonyl (C=O) groups excluding carboxylic acids is 1. The first-order valence-electron chi connectivity index (χ1n) is 8.12. The molecule has 0 unspecified atom stereocenters. The number of rotatable bonds is 8. The lowest BCUT2D eigenvalue weighted by atomic mass is 10.2. The summed E-state index contributed by atoms with van der Waals surface area (Å²) < 4.78 is 43.5. The van der Waals surface area contributed by atoms with E-state index in [2.05, 4.69) is 9.46 Å². The standard InChI is InChI=1S/C17H23NO6S3/c1-22-14-8-12(4-5-16(19)23-2)9-15(17(14)24-3)27(20,21)18-10-13-11-25-6-7-26-13/h4-5,8-9,13,18H,6-7,10-11H2,1-3H3/b5-4-/t13-/m1/s1. The molecule has 0 radical (unpaired) electrons. The normalized spacial score (nSPS) is 17.7. The first-order chi connectivity index (χ1) is 12.9. The molecule has 1 aromatic rings. The molecule has 1 aliphatic rings. The molecule has 1 aliphatic heterocycles. The van der Waals surface area contributed by atoms with Crippen LogP contribution in [0.5, 0.6) is 11.5 Å². The van der Waals surface area contributed by atoms with Gasteiger partial charge >= 0.3 is 5.97 Å². The second kappa shape index (κ2) is 10.3. The van der Waals surface area contributed by atoms with E-state index in [1.165, 1.54) is 39.5 Å². The first kappa shape index (κ1) is 21.9. The molecular formula is C17H23NO6S3. The number of esters is 1. The average Bonchev–Trinajstić information content (AvgIpc) is 2.70. The number of ether oxygens (including phenoxy) is 3. The molecule has 1 atom stereocenters. The topological polar surface area (TPSA) is 90.9 Å². The fourth-order valence-electron chi connectivity index (χ4n) is 2.41. The maximum Gasteiger partial charge on any atom is 0.330 e. The van der Waals surface area contributed by atoms with Crippen molar-refractivity contribution in [3.8, 4) is 11.5 Å². The number of methoxy groups -OCH3 is 3. The summed E-state index contributed by atoms with van der Waals surface area (Å²) in [6.45, 7) is 0.341. The summed E-state index contributed by atoms with van der Waals surface area (Å²) in [5.74, 6) is 2.85. The van der Waals surface area contributed by atoms with Gasteiger partial charge in [0.2, 0.25) is 10.0 Å². The van der Waals surface area contributed by atoms with Crippen LogP contribution in [0, 0.1) is 0 Å². The summed E-state index contributed by atoms with van der Waals surface area (Å²) in [4.78, 5) is 11.3. The molecule has 1 saturated heterocycles. The Morgan fingerprint density at radius 3 is 2.63 bits per heavy atom. The predicted molar refractivity (Wildman–Crippen MR) is 109 cm³/mol. The van der Waals surface area contributed by atoms with E-state index in [1.807, 2.05) is 11.8 Å². The molecule has 0 spiro atoms. The van der Waals surface area contributed by atoms with Crippen molar-refractivity contribution in [1.82, 2.24) is 4.72 Å². The van der Waals surface area contributed by atoms with E-state index < -0.39 is 16.0 Å². The largest absolute Gasteiger partial charge is 0.493 e. The highest BCUT2D eigenvalue weighted by molar-refractivity contribution is 8.06. The van der Waals surface area contributed by atoms with Crippen LogP contribution in [-0.4, -0.2) is 64.8 Å². The van der Waals surface area contributed by atoms with Crippen LogP contribution in [0.2, 0.25) is 0 Å². The summed E-state index contributed by atoms with van der Waals surface area (Å²) >= 11 is 3.59. The van der Waals surface area contributed by atoms with Crippen LogP contribution in [0.1, 0.15) is 5.56 Å². The molecule has 1 heterocycles. The molecule has 0 bridgehead atoms. The van der Waals surface area contributed by atoms with Gasteiger partial charge in [-0.15, -0.1) is 0 Å². The van der Waals surface area contributed by atoms with E-state index >= 15 is 0 Å². The van der Waals surface area contributed by atoms with E-state index in [-0.39, 0.29) is 21.6 Å². The van der Waals surface area contributed by atoms with Gasteiger partial charge in [0.05, 0.1) is 21.3 Å². The molecule has 27 heavy (non-hydrogen) atoms. The fraction of sp³-hybridized carbons (Fsp3) is 0.471. The minimum Gasteiger partial charge on any atom is -0.493 e. The van der Waals surface area contributed by atoms with Crippen LogP contribution in [0.3, 0.4) is 0 Å². The number of hydrogen-bond acceptors (Lipinski definition) is 8. The minimum absolute atomic E-state index is 0.0395. The van der Waals surface area contributed by atoms with Gasteiger partial charge in [-0.1, -0.05) is 0 Å². The number of carbonyl (C=O) groups is 1. The van der Waals surface area contributed by atoms with Crippen LogP contribution < -0.4 is 14.2 Å². The van der Waals surface area contributed by atoms with Gasteiger partial charge in [-0.25, -0.2) is 17.9 Å². The Kier molecular flexibility index (Phi) is 8.33. The second-order valence-corrected chi connectivity index (χ2v) is 9.82. The summed E-state index contributed by atoms with van der Waals surface area (Å²) in [6, 6.07) is 3.02. The van der Waals surface area contributed by atoms with Crippen molar-refractivity contribution in [1.29, 1.82) is 0 Å². The van der Waals surface area contributed by atoms with Gasteiger partial charge in [0.15, 0.2) is 11.5 Å². The van der Waals surface area contributed by atoms with Gasteiger partial charge in [0.1, 0.15) is 4.90 Å². The zero-order valence-corrected chi connectivity index (χ0v) is 17.8. The van der Waals surface area contributed by atoms with E-state index in [1.54, 1.807) is 17.8 Å². The van der Waals surface area contributed by atoms with Crippen molar-refractivity contribution < 1.29 is 27.4 Å². The third-order valence-corrected chi connectivity index (χ3v) is 8.03. The molecule has 0 amide bonds. The second-order valence-electron chi connectivity index (χ2n) is 5.53. The molecule has 7 nitrogen and oxygen atoms in total. The van der Waals surface area contributed by atoms with Crippen LogP contribution in [0.25, 0.3) is 6.08 Å². The number of sulfonamides is 1. The Hall–Kier alpha value is -1.36. The van der Waals surface area contributed by atoms with Gasteiger partial charge in [0, 0.05) is 35.1 Å². The third-order valence-electron chi connectivity index (χ3n) is 3.76. The van der Waals surface area contributed by atoms with E-state index in [0.717, 1.165) is 17.3 Å². The molecule has 1 aromatic carbocycles. The molecule has 2 rings (SSSR count). The zero-order valence-electron chi connectivity index (χ0n) is 15.4. The van der Waals surface area contributed by atoms with Crippen molar-refractivity contribution in [2.75, 3.05) is 45.1 Å². The van der Waals surface area contributed by atoms with Gasteiger partial charge in [0.25, 0.3) is 0 Å². The highest BCUT2D eigenvalue weighted by Gasteiger charge is 2.25. The number of hydrogen-bond donors (Lipinski definition) is 1. The maximum absolute atomic E-state index is 12.9. The maximum atomic E-state index is 12.9. The fourth-order valence-corrected chi connectivity index (χ4v) is 6.43. The van der Waals surface area contributed by atoms with Crippen LogP contribution in [-0.2, 0) is 19.6 Å². The zero-order chi connectivity index (χ0) is 19.9. The molecular weight excluding hydrogens is 410 g/mol. The lowest BCUT2D eigenvalue weighted by Gasteiger charge is -2.21. The predicted octanol–water partition coefficient (Wildman–Crippen LogP) is 2.02. The Labute approximate surface area is 168 Å². The summed E-state index contributed by atoms with van der Waals surface area (Å²) in [5, 5.41) is 0.230. The quantitative estimate of drug-likeness (QED) is 0.492. The Morgan fingerprint density at radius 1 is 1.26 bits per heavy atom. The highest BCUT2D eigenvalue weighted by atomic mass is 32.2. The van der Waals surface area contributed by atoms with Crippen LogP contribution >= 0.6 is 23.5 Å². The van der Waals surface area contributed by atoms with Crippen LogP contribution in [0.15, 0.2) is 23.1 Å². The van der Waals surface area contributed by atoms with Crippen LogP contribution in [0.4, 0.5) is 0 Å². The number of nitrogens with one attached hydrogen (secondary N) is 1. The molecule has 0 aromatic heterocycles. The molecule has 150 valence electrons. The molecule has 0 saturated carbocycles. The summed E-state index contributed by atoms with van der Waals surface area (Å²) in [7, 11) is 0.243. The van der Waals surface area contributed by atoms with Crippen molar-refractivity contribution in [3.63, 3.8) is 0 Å². The first-order valence-corrected chi connectivity index (χ1v) is 11.8. The SMILES string of the molecule is COC(=O)/C=C\c1cc(OC)c(OC)c(S(=O)(=O)NC[C@@H]2CSCCS2)c1. The monoisotopic (exact) mass is 433 g/mol. The molecule has 1 N–H and O–H groups in total. The Morgan fingerprint density at radius 2 is 2.04 bits per heavy atom. The molecule has 10 heteroatoms. The number of benzene rings is 1. The van der Waals surface area contributed by atoms with Gasteiger partial charge in [-0.2, -0.15) is 23.5 Å². The third kappa shape index (κ3) is 6.06. The van der Waals surface area contributed by atoms with E-state index in [9.17, 15) is 13.2 Å². The Balaban J connectivity index is 2.33. The van der Waals surface area contributed by atoms with Crippen molar-refractivity contribution in [2.45, 2.75) is 10.1 Å². The summed E-state index contributed by atoms with van der Waals surface area (Å²) in [5.41, 5.74) is 0.473. The lowest BCUT2D eigenvalue weighted by Crippen LogP contribution is -2.33. The van der Waals surface area contributed by atoms with Crippen molar-refractivity contribution >= 4 is 45.6 Å². The average molecular weight is 434 g/mol. The van der Waals surface area contributed by atoms with E-state index in [4.69, 9.17) is 9.47 Å². The molecule has 0 aliphatic carbocycles. The highest BCUT2D eigenvalue weighted by Crippen LogP contribution is 2.36. The Bertz CT molecular complexity index is 788. The van der Waals surface area contributed by atoms with Crippen molar-refractivity contribution in [3.05, 3.63) is 23.8 Å². The lowest BCUT2D eigenvalue weighted by molar-refractivity contribution is -0.134. The van der Waals surface area contributed by atoms with E-state index in [0.29, 0.717) is 12.1 Å². The van der Waals surface area contributed by atoms with Gasteiger partial charge in [-0.3, -0.25) is 0 Å². The molecule has 1 fully saturated rings. The van der Waals surface area contributed by atoms with Gasteiger partial charge < -0.3 is 14.2 Å².